The zero-order valence-electron chi connectivity index (χ0n) is 17.2. The maximum atomic E-state index is 12.2. The summed E-state index contributed by atoms with van der Waals surface area (Å²) in [7, 11) is 1.45. The molecule has 9 heteroatoms. The third-order valence-corrected chi connectivity index (χ3v) is 4.64. The van der Waals surface area contributed by atoms with E-state index < -0.39 is 22.5 Å². The van der Waals surface area contributed by atoms with E-state index in [9.17, 15) is 18.4 Å². The molecule has 0 aliphatic heterocycles. The van der Waals surface area contributed by atoms with Gasteiger partial charge in [-0.15, -0.1) is 0 Å². The molecule has 0 radical (unpaired) electrons. The van der Waals surface area contributed by atoms with Gasteiger partial charge in [0.15, 0.2) is 22.6 Å². The Morgan fingerprint density at radius 1 is 1.07 bits per heavy atom. The number of rotatable bonds is 8. The van der Waals surface area contributed by atoms with Crippen molar-refractivity contribution in [1.29, 1.82) is 0 Å². The van der Waals surface area contributed by atoms with E-state index in [1.54, 1.807) is 57.2 Å². The molecule has 0 saturated carbocycles. The molecular formula is C21H25NO7S. The maximum Gasteiger partial charge on any atom is 0.307 e. The van der Waals surface area contributed by atoms with Crippen LogP contribution in [0.4, 0.5) is 5.69 Å². The van der Waals surface area contributed by atoms with Crippen LogP contribution in [-0.4, -0.2) is 32.9 Å². The summed E-state index contributed by atoms with van der Waals surface area (Å²) in [5.41, 5.74) is 0.773. The zero-order chi connectivity index (χ0) is 22.5. The summed E-state index contributed by atoms with van der Waals surface area (Å²) in [6.45, 7) is 5.33. The molecular weight excluding hydrogens is 410 g/mol. The smallest absolute Gasteiger partial charge is 0.307 e. The SMILES string of the molecule is COc1ccc(CC(=O)O)cc1Oc1ccc(NC(=O)C(C)(C)C)cc1CS(=O)O. The van der Waals surface area contributed by atoms with Crippen LogP contribution < -0.4 is 14.8 Å². The van der Waals surface area contributed by atoms with Crippen LogP contribution in [0.1, 0.15) is 31.9 Å². The molecule has 8 nitrogen and oxygen atoms in total. The number of anilines is 1. The molecule has 2 aromatic carbocycles. The van der Waals surface area contributed by atoms with E-state index in [4.69, 9.17) is 14.6 Å². The van der Waals surface area contributed by atoms with Gasteiger partial charge in [0.25, 0.3) is 0 Å². The lowest BCUT2D eigenvalue weighted by Gasteiger charge is -2.19. The molecule has 0 bridgehead atoms. The number of carbonyl (C=O) groups is 2. The van der Waals surface area contributed by atoms with Gasteiger partial charge in [0, 0.05) is 16.7 Å². The molecule has 2 rings (SSSR count). The van der Waals surface area contributed by atoms with E-state index in [0.29, 0.717) is 22.6 Å². The fraction of sp³-hybridized carbons (Fsp3) is 0.333. The highest BCUT2D eigenvalue weighted by atomic mass is 32.2. The van der Waals surface area contributed by atoms with Crippen molar-refractivity contribution in [1.82, 2.24) is 0 Å². The molecule has 3 N–H and O–H groups in total. The third kappa shape index (κ3) is 6.57. The van der Waals surface area contributed by atoms with E-state index in [2.05, 4.69) is 5.32 Å². The summed E-state index contributed by atoms with van der Waals surface area (Å²) in [6, 6.07) is 9.52. The number of carboxylic acid groups (broad SMARTS) is 1. The van der Waals surface area contributed by atoms with Gasteiger partial charge in [-0.05, 0) is 35.9 Å². The monoisotopic (exact) mass is 435 g/mol. The second-order valence-electron chi connectivity index (χ2n) is 7.65. The van der Waals surface area contributed by atoms with Crippen LogP contribution >= 0.6 is 0 Å². The standard InChI is InChI=1S/C21H25NO7S/c1-21(2,3)20(25)22-15-6-8-16(14(11-15)12-30(26)27)29-18-9-13(10-19(23)24)5-7-17(18)28-4/h5-9,11H,10,12H2,1-4H3,(H,22,25)(H,23,24)(H,26,27). The van der Waals surface area contributed by atoms with Crippen LogP contribution in [0.5, 0.6) is 17.2 Å². The first kappa shape index (κ1) is 23.4. The number of amides is 1. The molecule has 2 aromatic rings. The van der Waals surface area contributed by atoms with Gasteiger partial charge in [-0.2, -0.15) is 0 Å². The number of methoxy groups -OCH3 is 1. The van der Waals surface area contributed by atoms with Crippen LogP contribution in [0.25, 0.3) is 0 Å². The second-order valence-corrected chi connectivity index (χ2v) is 8.58. The molecule has 0 aliphatic rings. The lowest BCUT2D eigenvalue weighted by Crippen LogP contribution is -2.27. The van der Waals surface area contributed by atoms with Crippen molar-refractivity contribution in [3.05, 3.63) is 47.5 Å². The Labute approximate surface area is 177 Å². The molecule has 0 heterocycles. The molecule has 30 heavy (non-hydrogen) atoms. The number of ether oxygens (including phenoxy) is 2. The minimum Gasteiger partial charge on any atom is -0.493 e. The minimum atomic E-state index is -2.14. The largest absolute Gasteiger partial charge is 0.493 e. The fourth-order valence-electron chi connectivity index (χ4n) is 2.53. The van der Waals surface area contributed by atoms with Crippen LogP contribution in [0, 0.1) is 5.41 Å². The van der Waals surface area contributed by atoms with Crippen LogP contribution in [0.15, 0.2) is 36.4 Å². The summed E-state index contributed by atoms with van der Waals surface area (Å²) < 4.78 is 32.0. The molecule has 1 atom stereocenters. The molecule has 0 spiro atoms. The molecule has 0 aliphatic carbocycles. The average molecular weight is 435 g/mol. The highest BCUT2D eigenvalue weighted by Gasteiger charge is 2.22. The molecule has 0 saturated heterocycles. The second kappa shape index (κ2) is 9.73. The van der Waals surface area contributed by atoms with Crippen LogP contribution in [0.3, 0.4) is 0 Å². The van der Waals surface area contributed by atoms with Gasteiger partial charge >= 0.3 is 5.97 Å². The molecule has 1 amide bonds. The van der Waals surface area contributed by atoms with Gasteiger partial charge in [-0.1, -0.05) is 26.8 Å². The van der Waals surface area contributed by atoms with Crippen LogP contribution in [-0.2, 0) is 32.8 Å². The van der Waals surface area contributed by atoms with Gasteiger partial charge in [-0.25, -0.2) is 4.21 Å². The van der Waals surface area contributed by atoms with Crippen molar-refractivity contribution < 1.29 is 32.9 Å². The number of aliphatic carboxylic acids is 1. The number of benzene rings is 2. The minimum absolute atomic E-state index is 0.189. The summed E-state index contributed by atoms with van der Waals surface area (Å²) >= 11 is -2.14. The van der Waals surface area contributed by atoms with Crippen molar-refractivity contribution in [3.63, 3.8) is 0 Å². The van der Waals surface area contributed by atoms with E-state index >= 15 is 0 Å². The summed E-state index contributed by atoms with van der Waals surface area (Å²) in [4.78, 5) is 23.2. The Morgan fingerprint density at radius 3 is 2.30 bits per heavy atom. The van der Waals surface area contributed by atoms with Gasteiger partial charge in [0.05, 0.1) is 19.3 Å². The van der Waals surface area contributed by atoms with E-state index in [1.807, 2.05) is 0 Å². The summed E-state index contributed by atoms with van der Waals surface area (Å²) in [5, 5.41) is 11.8. The first-order chi connectivity index (χ1) is 14.0. The molecule has 0 aromatic heterocycles. The first-order valence-electron chi connectivity index (χ1n) is 9.08. The Kier molecular flexibility index (Phi) is 7.58. The van der Waals surface area contributed by atoms with Crippen molar-refractivity contribution in [3.8, 4) is 17.2 Å². The lowest BCUT2D eigenvalue weighted by molar-refractivity contribution is -0.136. The number of hydrogen-bond donors (Lipinski definition) is 3. The highest BCUT2D eigenvalue weighted by molar-refractivity contribution is 7.78. The first-order valence-corrected chi connectivity index (χ1v) is 10.4. The Balaban J connectivity index is 2.40. The Morgan fingerprint density at radius 2 is 1.73 bits per heavy atom. The Hall–Kier alpha value is -2.91. The molecule has 162 valence electrons. The topological polar surface area (TPSA) is 122 Å². The highest BCUT2D eigenvalue weighted by Crippen LogP contribution is 2.35. The van der Waals surface area contributed by atoms with E-state index in [-0.39, 0.29) is 29.6 Å². The Bertz CT molecular complexity index is 966. The number of nitrogens with one attached hydrogen (secondary N) is 1. The van der Waals surface area contributed by atoms with Crippen molar-refractivity contribution in [2.75, 3.05) is 12.4 Å². The predicted molar refractivity (Wildman–Crippen MR) is 113 cm³/mol. The van der Waals surface area contributed by atoms with E-state index in [0.717, 1.165) is 0 Å². The number of hydrogen-bond acceptors (Lipinski definition) is 5. The van der Waals surface area contributed by atoms with Crippen LogP contribution in [0.2, 0.25) is 0 Å². The quantitative estimate of drug-likeness (QED) is 0.539. The normalized spacial score (nSPS) is 12.2. The van der Waals surface area contributed by atoms with Gasteiger partial charge in [0.1, 0.15) is 5.75 Å². The summed E-state index contributed by atoms with van der Waals surface area (Å²) in [6.07, 6.45) is -0.189. The van der Waals surface area contributed by atoms with Crippen molar-refractivity contribution in [2.24, 2.45) is 5.41 Å². The van der Waals surface area contributed by atoms with E-state index in [1.165, 1.54) is 7.11 Å². The van der Waals surface area contributed by atoms with Gasteiger partial charge in [0.2, 0.25) is 5.91 Å². The van der Waals surface area contributed by atoms with Crippen molar-refractivity contribution in [2.45, 2.75) is 32.9 Å². The van der Waals surface area contributed by atoms with Crippen molar-refractivity contribution >= 4 is 28.6 Å². The number of carbonyl (C=O) groups excluding carboxylic acids is 1. The average Bonchev–Trinajstić information content (AvgIpc) is 2.62. The number of carboxylic acids is 1. The summed E-state index contributed by atoms with van der Waals surface area (Å²) in [5.74, 6) is -0.460. The zero-order valence-corrected chi connectivity index (χ0v) is 18.0. The van der Waals surface area contributed by atoms with Gasteiger partial charge in [-0.3, -0.25) is 9.59 Å². The van der Waals surface area contributed by atoms with Gasteiger partial charge < -0.3 is 24.4 Å². The lowest BCUT2D eigenvalue weighted by atomic mass is 9.95. The third-order valence-electron chi connectivity index (χ3n) is 4.08. The molecule has 1 unspecified atom stereocenters. The predicted octanol–water partition coefficient (Wildman–Crippen LogP) is 3.82. The fourth-order valence-corrected chi connectivity index (χ4v) is 3.02. The maximum absolute atomic E-state index is 12.2. The molecule has 0 fully saturated rings.